The number of aromatic nitrogens is 6. The Morgan fingerprint density at radius 2 is 1.86 bits per heavy atom. The number of phenolic OH excluding ortho intramolecular Hbond substituents is 1. The molecule has 9 nitrogen and oxygen atoms in total. The van der Waals surface area contributed by atoms with Crippen LogP contribution in [0.25, 0.3) is 16.9 Å². The molecule has 3 aromatic rings. The van der Waals surface area contributed by atoms with Crippen LogP contribution in [0.3, 0.4) is 0 Å². The van der Waals surface area contributed by atoms with Gasteiger partial charge in [0.25, 0.3) is 0 Å². The van der Waals surface area contributed by atoms with Gasteiger partial charge in [-0.05, 0) is 67.3 Å². The number of tetrazole rings is 1. The van der Waals surface area contributed by atoms with Crippen LogP contribution in [0, 0.1) is 6.92 Å². The van der Waals surface area contributed by atoms with Crippen LogP contribution in [0.1, 0.15) is 31.5 Å². The minimum absolute atomic E-state index is 0.114. The molecule has 2 saturated heterocycles. The molecule has 2 N–H and O–H groups in total. The summed E-state index contributed by atoms with van der Waals surface area (Å²) >= 11 is 0. The summed E-state index contributed by atoms with van der Waals surface area (Å²) in [6.45, 7) is 1.81. The number of nitrogens with zero attached hydrogens (tertiary/aromatic N) is 7. The van der Waals surface area contributed by atoms with E-state index in [1.54, 1.807) is 17.7 Å². The zero-order valence-corrected chi connectivity index (χ0v) is 16.5. The van der Waals surface area contributed by atoms with Crippen LogP contribution in [0.2, 0.25) is 0 Å². The highest BCUT2D eigenvalue weighted by molar-refractivity contribution is 5.69. The molecule has 0 aliphatic carbocycles. The summed E-state index contributed by atoms with van der Waals surface area (Å²) in [5.41, 5.74) is 1.95. The molecular weight excluding hydrogens is 368 g/mol. The van der Waals surface area contributed by atoms with Gasteiger partial charge >= 0.3 is 0 Å². The van der Waals surface area contributed by atoms with Gasteiger partial charge in [-0.1, -0.05) is 0 Å². The minimum atomic E-state index is 0.114. The Balaban J connectivity index is 1.35. The second kappa shape index (κ2) is 7.07. The van der Waals surface area contributed by atoms with Crippen LogP contribution < -0.4 is 10.2 Å². The summed E-state index contributed by atoms with van der Waals surface area (Å²) in [7, 11) is 2.10. The molecule has 9 heteroatoms. The largest absolute Gasteiger partial charge is 0.507 e. The van der Waals surface area contributed by atoms with Crippen LogP contribution >= 0.6 is 0 Å². The van der Waals surface area contributed by atoms with Crippen molar-refractivity contribution in [3.05, 3.63) is 36.2 Å². The number of rotatable bonds is 4. The monoisotopic (exact) mass is 392 g/mol. The zero-order chi connectivity index (χ0) is 20.0. The molecule has 0 saturated carbocycles. The fourth-order valence-electron chi connectivity index (χ4n) is 4.53. The van der Waals surface area contributed by atoms with E-state index in [1.807, 2.05) is 24.3 Å². The van der Waals surface area contributed by atoms with Gasteiger partial charge in [0.05, 0.1) is 11.4 Å². The maximum atomic E-state index is 10.5. The highest BCUT2D eigenvalue weighted by Gasteiger charge is 2.35. The molecule has 2 fully saturated rings. The molecule has 2 aliphatic heterocycles. The number of anilines is 1. The van der Waals surface area contributed by atoms with Gasteiger partial charge in [0.2, 0.25) is 0 Å². The van der Waals surface area contributed by atoms with Gasteiger partial charge in [-0.3, -0.25) is 0 Å². The van der Waals surface area contributed by atoms with Crippen LogP contribution in [0.4, 0.5) is 5.82 Å². The van der Waals surface area contributed by atoms with Crippen LogP contribution in [-0.4, -0.2) is 60.7 Å². The van der Waals surface area contributed by atoms with Crippen LogP contribution in [-0.2, 0) is 0 Å². The molecule has 0 spiro atoms. The summed E-state index contributed by atoms with van der Waals surface area (Å²) in [4.78, 5) is 2.24. The number of phenols is 1. The number of aryl methyl sites for hydroxylation is 1. The van der Waals surface area contributed by atoms with E-state index in [9.17, 15) is 5.11 Å². The van der Waals surface area contributed by atoms with Gasteiger partial charge in [0.1, 0.15) is 5.75 Å². The molecule has 4 heterocycles. The first kappa shape index (κ1) is 18.0. The molecule has 2 aliphatic rings. The summed E-state index contributed by atoms with van der Waals surface area (Å²) in [5.74, 6) is 1.62. The minimum Gasteiger partial charge on any atom is -0.507 e. The predicted octanol–water partition coefficient (Wildman–Crippen LogP) is 1.85. The first-order valence-corrected chi connectivity index (χ1v) is 10.00. The Morgan fingerprint density at radius 1 is 1.07 bits per heavy atom. The Labute approximate surface area is 168 Å². The third kappa shape index (κ3) is 3.31. The summed E-state index contributed by atoms with van der Waals surface area (Å²) in [6, 6.07) is 10.9. The molecule has 1 aromatic carbocycles. The van der Waals surface area contributed by atoms with E-state index in [2.05, 4.69) is 43.0 Å². The van der Waals surface area contributed by atoms with E-state index >= 15 is 0 Å². The molecule has 29 heavy (non-hydrogen) atoms. The number of piperidine rings is 1. The fourth-order valence-corrected chi connectivity index (χ4v) is 4.53. The van der Waals surface area contributed by atoms with E-state index in [0.29, 0.717) is 40.9 Å². The maximum absolute atomic E-state index is 10.5. The maximum Gasteiger partial charge on any atom is 0.153 e. The lowest BCUT2D eigenvalue weighted by molar-refractivity contribution is 0.353. The first-order valence-electron chi connectivity index (χ1n) is 10.00. The molecule has 0 radical (unpaired) electrons. The second-order valence-electron chi connectivity index (χ2n) is 7.99. The van der Waals surface area contributed by atoms with E-state index in [0.717, 1.165) is 18.7 Å². The average molecular weight is 392 g/mol. The van der Waals surface area contributed by atoms with E-state index < -0.39 is 0 Å². The lowest BCUT2D eigenvalue weighted by Crippen LogP contribution is -2.47. The highest BCUT2D eigenvalue weighted by atomic mass is 16.3. The standard InChI is InChI=1S/C20H24N8O/c1-12-22-25-26-28(12)15-5-6-17(19(29)11-15)18-7-8-20(24-23-18)27(2)16-9-13-3-4-14(10-16)21-13/h5-8,11,13-14,16,21,29H,3-4,9-10H2,1-2H3. The normalized spacial score (nSPS) is 23.3. The molecule has 150 valence electrons. The lowest BCUT2D eigenvalue weighted by Gasteiger charge is -2.36. The quantitative estimate of drug-likeness (QED) is 0.693. The van der Waals surface area contributed by atoms with Crippen molar-refractivity contribution in [1.29, 1.82) is 0 Å². The second-order valence-corrected chi connectivity index (χ2v) is 7.99. The number of fused-ring (bicyclic) bond motifs is 2. The Morgan fingerprint density at radius 3 is 2.48 bits per heavy atom. The van der Waals surface area contributed by atoms with Crippen LogP contribution in [0.5, 0.6) is 5.75 Å². The van der Waals surface area contributed by atoms with E-state index in [1.165, 1.54) is 12.8 Å². The lowest BCUT2D eigenvalue weighted by atomic mass is 9.98. The highest BCUT2D eigenvalue weighted by Crippen LogP contribution is 2.32. The van der Waals surface area contributed by atoms with Gasteiger partial charge in [-0.25, -0.2) is 0 Å². The van der Waals surface area contributed by atoms with Crippen molar-refractivity contribution in [1.82, 2.24) is 35.7 Å². The van der Waals surface area contributed by atoms with Gasteiger partial charge in [0, 0.05) is 36.8 Å². The van der Waals surface area contributed by atoms with E-state index in [-0.39, 0.29) is 5.75 Å². The van der Waals surface area contributed by atoms with Crippen molar-refractivity contribution < 1.29 is 5.11 Å². The molecule has 2 aromatic heterocycles. The Hall–Kier alpha value is -3.07. The summed E-state index contributed by atoms with van der Waals surface area (Å²) in [6.07, 6.45) is 4.85. The molecule has 2 unspecified atom stereocenters. The number of hydrogen-bond donors (Lipinski definition) is 2. The number of nitrogens with one attached hydrogen (secondary N) is 1. The van der Waals surface area contributed by atoms with Crippen molar-refractivity contribution in [3.63, 3.8) is 0 Å². The van der Waals surface area contributed by atoms with Gasteiger partial charge in [-0.2, -0.15) is 4.68 Å². The zero-order valence-electron chi connectivity index (χ0n) is 16.5. The van der Waals surface area contributed by atoms with Crippen molar-refractivity contribution in [2.45, 2.75) is 50.7 Å². The van der Waals surface area contributed by atoms with Gasteiger partial charge in [0.15, 0.2) is 11.6 Å². The Bertz CT molecular complexity index is 1010. The average Bonchev–Trinajstić information content (AvgIpc) is 3.32. The smallest absolute Gasteiger partial charge is 0.153 e. The predicted molar refractivity (Wildman–Crippen MR) is 108 cm³/mol. The van der Waals surface area contributed by atoms with Crippen molar-refractivity contribution in [2.75, 3.05) is 11.9 Å². The molecular formula is C20H24N8O. The first-order chi connectivity index (χ1) is 14.1. The molecule has 2 atom stereocenters. The number of aromatic hydroxyl groups is 1. The molecule has 5 rings (SSSR count). The third-order valence-corrected chi connectivity index (χ3v) is 6.13. The molecule has 2 bridgehead atoms. The van der Waals surface area contributed by atoms with Crippen LogP contribution in [0.15, 0.2) is 30.3 Å². The SMILES string of the molecule is Cc1nnnn1-c1ccc(-c2ccc(N(C)C3CC4CCC(C3)N4)nn2)c(O)c1. The molecule has 0 amide bonds. The number of benzene rings is 1. The van der Waals surface area contributed by atoms with E-state index in [4.69, 9.17) is 0 Å². The van der Waals surface area contributed by atoms with Gasteiger partial charge in [-0.15, -0.1) is 15.3 Å². The van der Waals surface area contributed by atoms with Gasteiger partial charge < -0.3 is 15.3 Å². The van der Waals surface area contributed by atoms with Crippen molar-refractivity contribution in [2.24, 2.45) is 0 Å². The third-order valence-electron chi connectivity index (χ3n) is 6.13. The van der Waals surface area contributed by atoms with Crippen molar-refractivity contribution in [3.8, 4) is 22.7 Å². The summed E-state index contributed by atoms with van der Waals surface area (Å²) < 4.78 is 1.57. The topological polar surface area (TPSA) is 105 Å². The fraction of sp³-hybridized carbons (Fsp3) is 0.450. The Kier molecular flexibility index (Phi) is 4.39. The number of hydrogen-bond acceptors (Lipinski definition) is 8. The summed E-state index contributed by atoms with van der Waals surface area (Å²) in [5, 5.41) is 34.4. The van der Waals surface area contributed by atoms with Crippen molar-refractivity contribution >= 4 is 5.82 Å².